The Balaban J connectivity index is 1.99. The number of nitrogens with zero attached hydrogens (tertiary/aromatic N) is 2. The SMILES string of the molecule is COC(=O)c1cccc(NC(=O)CCc2c(C)nn(C)c2C)c1. The standard InChI is InChI=1S/C17H21N3O3/c1-11-15(12(2)20(3)19-11)8-9-16(21)18-14-7-5-6-13(10-14)17(22)23-4/h5-7,10H,8-9H2,1-4H3,(H,18,21). The highest BCUT2D eigenvalue weighted by atomic mass is 16.5. The van der Waals surface area contributed by atoms with E-state index in [1.165, 1.54) is 7.11 Å². The Kier molecular flexibility index (Phi) is 5.16. The van der Waals surface area contributed by atoms with E-state index in [2.05, 4.69) is 15.2 Å². The fourth-order valence-electron chi connectivity index (χ4n) is 2.48. The van der Waals surface area contributed by atoms with Crippen LogP contribution in [0, 0.1) is 13.8 Å². The van der Waals surface area contributed by atoms with E-state index < -0.39 is 5.97 Å². The minimum atomic E-state index is -0.428. The quantitative estimate of drug-likeness (QED) is 0.860. The second-order valence-corrected chi connectivity index (χ2v) is 5.39. The van der Waals surface area contributed by atoms with Crippen molar-refractivity contribution in [2.75, 3.05) is 12.4 Å². The van der Waals surface area contributed by atoms with Crippen LogP contribution in [0.4, 0.5) is 5.69 Å². The van der Waals surface area contributed by atoms with Crippen molar-refractivity contribution in [3.63, 3.8) is 0 Å². The van der Waals surface area contributed by atoms with E-state index in [9.17, 15) is 9.59 Å². The third kappa shape index (κ3) is 3.97. The van der Waals surface area contributed by atoms with Gasteiger partial charge in [-0.05, 0) is 44.0 Å². The first-order valence-electron chi connectivity index (χ1n) is 7.39. The van der Waals surface area contributed by atoms with Crippen molar-refractivity contribution in [3.8, 4) is 0 Å². The summed E-state index contributed by atoms with van der Waals surface area (Å²) in [5.41, 5.74) is 4.11. The molecule has 0 unspecified atom stereocenters. The summed E-state index contributed by atoms with van der Waals surface area (Å²) in [5.74, 6) is -0.530. The van der Waals surface area contributed by atoms with Crippen LogP contribution in [0.25, 0.3) is 0 Å². The molecule has 6 heteroatoms. The zero-order chi connectivity index (χ0) is 17.0. The smallest absolute Gasteiger partial charge is 0.337 e. The van der Waals surface area contributed by atoms with Gasteiger partial charge in [0.1, 0.15) is 0 Å². The lowest BCUT2D eigenvalue weighted by atomic mass is 10.1. The number of carbonyl (C=O) groups excluding carboxylic acids is 2. The number of carbonyl (C=O) groups is 2. The highest BCUT2D eigenvalue weighted by Crippen LogP contribution is 2.16. The van der Waals surface area contributed by atoms with Gasteiger partial charge in [0.05, 0.1) is 18.4 Å². The van der Waals surface area contributed by atoms with Gasteiger partial charge in [-0.25, -0.2) is 4.79 Å². The van der Waals surface area contributed by atoms with Crippen molar-refractivity contribution >= 4 is 17.6 Å². The average Bonchev–Trinajstić information content (AvgIpc) is 2.77. The maximum atomic E-state index is 12.1. The van der Waals surface area contributed by atoms with Crippen molar-refractivity contribution < 1.29 is 14.3 Å². The number of nitrogens with one attached hydrogen (secondary N) is 1. The fraction of sp³-hybridized carbons (Fsp3) is 0.353. The van der Waals surface area contributed by atoms with E-state index in [1.807, 2.05) is 25.6 Å². The van der Waals surface area contributed by atoms with Crippen LogP contribution in [0.1, 0.15) is 33.7 Å². The monoisotopic (exact) mass is 315 g/mol. The summed E-state index contributed by atoms with van der Waals surface area (Å²) < 4.78 is 6.49. The summed E-state index contributed by atoms with van der Waals surface area (Å²) in [6.07, 6.45) is 0.990. The molecule has 0 radical (unpaired) electrons. The number of anilines is 1. The molecular formula is C17H21N3O3. The van der Waals surface area contributed by atoms with E-state index in [0.29, 0.717) is 24.1 Å². The van der Waals surface area contributed by atoms with Gasteiger partial charge in [-0.3, -0.25) is 9.48 Å². The van der Waals surface area contributed by atoms with Gasteiger partial charge in [-0.2, -0.15) is 5.10 Å². The number of methoxy groups -OCH3 is 1. The Labute approximate surface area is 135 Å². The van der Waals surface area contributed by atoms with Crippen LogP contribution in [-0.4, -0.2) is 28.8 Å². The Hall–Kier alpha value is -2.63. The van der Waals surface area contributed by atoms with Crippen molar-refractivity contribution in [2.24, 2.45) is 7.05 Å². The lowest BCUT2D eigenvalue weighted by Gasteiger charge is -2.07. The lowest BCUT2D eigenvalue weighted by molar-refractivity contribution is -0.116. The fourth-order valence-corrected chi connectivity index (χ4v) is 2.48. The van der Waals surface area contributed by atoms with Crippen molar-refractivity contribution in [1.29, 1.82) is 0 Å². The van der Waals surface area contributed by atoms with Crippen LogP contribution in [-0.2, 0) is 23.0 Å². The Morgan fingerprint density at radius 2 is 2.04 bits per heavy atom. The summed E-state index contributed by atoms with van der Waals surface area (Å²) in [5, 5.41) is 7.15. The van der Waals surface area contributed by atoms with Gasteiger partial charge in [0.2, 0.25) is 5.91 Å². The molecule has 0 aliphatic carbocycles. The van der Waals surface area contributed by atoms with E-state index >= 15 is 0 Å². The molecule has 0 spiro atoms. The number of aromatic nitrogens is 2. The van der Waals surface area contributed by atoms with E-state index in [0.717, 1.165) is 17.0 Å². The molecule has 23 heavy (non-hydrogen) atoms. The highest BCUT2D eigenvalue weighted by Gasteiger charge is 2.12. The molecule has 0 bridgehead atoms. The second-order valence-electron chi connectivity index (χ2n) is 5.39. The third-order valence-electron chi connectivity index (χ3n) is 3.83. The number of hydrogen-bond donors (Lipinski definition) is 1. The van der Waals surface area contributed by atoms with Gasteiger partial charge in [0, 0.05) is 24.8 Å². The zero-order valence-corrected chi connectivity index (χ0v) is 13.8. The first kappa shape index (κ1) is 16.7. The summed E-state index contributed by atoms with van der Waals surface area (Å²) in [6.45, 7) is 3.94. The molecule has 0 saturated heterocycles. The number of rotatable bonds is 5. The molecule has 122 valence electrons. The lowest BCUT2D eigenvalue weighted by Crippen LogP contribution is -2.13. The number of esters is 1. The first-order chi connectivity index (χ1) is 10.9. The second kappa shape index (κ2) is 7.09. The summed E-state index contributed by atoms with van der Waals surface area (Å²) in [6, 6.07) is 6.69. The predicted octanol–water partition coefficient (Wildman–Crippen LogP) is 2.39. The van der Waals surface area contributed by atoms with Gasteiger partial charge >= 0.3 is 5.97 Å². The van der Waals surface area contributed by atoms with E-state index in [1.54, 1.807) is 24.3 Å². The third-order valence-corrected chi connectivity index (χ3v) is 3.83. The molecule has 0 fully saturated rings. The Morgan fingerprint density at radius 3 is 2.65 bits per heavy atom. The Morgan fingerprint density at radius 1 is 1.30 bits per heavy atom. The molecule has 0 saturated carbocycles. The molecule has 6 nitrogen and oxygen atoms in total. The normalized spacial score (nSPS) is 10.4. The van der Waals surface area contributed by atoms with Crippen LogP contribution in [0.15, 0.2) is 24.3 Å². The van der Waals surface area contributed by atoms with Gasteiger partial charge < -0.3 is 10.1 Å². The topological polar surface area (TPSA) is 73.2 Å². The molecule has 2 aromatic rings. The van der Waals surface area contributed by atoms with Gasteiger partial charge in [0.25, 0.3) is 0 Å². The number of amides is 1. The molecule has 1 N–H and O–H groups in total. The van der Waals surface area contributed by atoms with E-state index in [4.69, 9.17) is 0 Å². The summed E-state index contributed by atoms with van der Waals surface area (Å²) >= 11 is 0. The first-order valence-corrected chi connectivity index (χ1v) is 7.39. The van der Waals surface area contributed by atoms with Gasteiger partial charge in [-0.15, -0.1) is 0 Å². The minimum absolute atomic E-state index is 0.102. The number of aryl methyl sites for hydroxylation is 2. The summed E-state index contributed by atoms with van der Waals surface area (Å²) in [7, 11) is 3.22. The predicted molar refractivity (Wildman–Crippen MR) is 87.4 cm³/mol. The molecule has 0 atom stereocenters. The van der Waals surface area contributed by atoms with Crippen molar-refractivity contribution in [3.05, 3.63) is 46.8 Å². The van der Waals surface area contributed by atoms with E-state index in [-0.39, 0.29) is 5.91 Å². The average molecular weight is 315 g/mol. The molecule has 1 heterocycles. The molecule has 2 rings (SSSR count). The Bertz CT molecular complexity index is 735. The molecule has 0 aliphatic heterocycles. The molecule has 1 aromatic heterocycles. The van der Waals surface area contributed by atoms with Crippen LogP contribution in [0.2, 0.25) is 0 Å². The molecule has 1 amide bonds. The molecular weight excluding hydrogens is 294 g/mol. The number of ether oxygens (including phenoxy) is 1. The van der Waals surface area contributed by atoms with Crippen LogP contribution in [0.3, 0.4) is 0 Å². The van der Waals surface area contributed by atoms with Crippen LogP contribution >= 0.6 is 0 Å². The van der Waals surface area contributed by atoms with Gasteiger partial charge in [0.15, 0.2) is 0 Å². The zero-order valence-electron chi connectivity index (χ0n) is 13.8. The molecule has 1 aromatic carbocycles. The van der Waals surface area contributed by atoms with Gasteiger partial charge in [-0.1, -0.05) is 6.07 Å². The highest BCUT2D eigenvalue weighted by molar-refractivity contribution is 5.94. The molecule has 0 aliphatic rings. The minimum Gasteiger partial charge on any atom is -0.465 e. The maximum absolute atomic E-state index is 12.1. The summed E-state index contributed by atoms with van der Waals surface area (Å²) in [4.78, 5) is 23.6. The maximum Gasteiger partial charge on any atom is 0.337 e. The largest absolute Gasteiger partial charge is 0.465 e. The van der Waals surface area contributed by atoms with Crippen LogP contribution < -0.4 is 5.32 Å². The van der Waals surface area contributed by atoms with Crippen LogP contribution in [0.5, 0.6) is 0 Å². The number of benzene rings is 1. The number of hydrogen-bond acceptors (Lipinski definition) is 4. The van der Waals surface area contributed by atoms with Crippen molar-refractivity contribution in [1.82, 2.24) is 9.78 Å². The van der Waals surface area contributed by atoms with Crippen molar-refractivity contribution in [2.45, 2.75) is 26.7 Å².